The van der Waals surface area contributed by atoms with Gasteiger partial charge in [0.1, 0.15) is 5.82 Å². The van der Waals surface area contributed by atoms with Crippen molar-refractivity contribution in [3.63, 3.8) is 0 Å². The molecule has 0 heterocycles. The van der Waals surface area contributed by atoms with E-state index in [1.54, 1.807) is 19.1 Å². The fourth-order valence-corrected chi connectivity index (χ4v) is 2.41. The van der Waals surface area contributed by atoms with E-state index in [2.05, 4.69) is 31.8 Å². The second-order valence-corrected chi connectivity index (χ2v) is 5.90. The van der Waals surface area contributed by atoms with E-state index in [1.807, 2.05) is 24.3 Å². The smallest absolute Gasteiger partial charge is 0.131 e. The first-order valence-electron chi connectivity index (χ1n) is 7.80. The predicted octanol–water partition coefficient (Wildman–Crippen LogP) is 5.26. The SMILES string of the molecule is CC#Cc1ccc(N)c(/C(=C\CC(C)C)c2ccccc2F)c1. The van der Waals surface area contributed by atoms with Crippen LogP contribution in [0.25, 0.3) is 5.57 Å². The van der Waals surface area contributed by atoms with Crippen molar-refractivity contribution in [2.45, 2.75) is 27.2 Å². The van der Waals surface area contributed by atoms with Crippen LogP contribution in [0.15, 0.2) is 48.5 Å². The van der Waals surface area contributed by atoms with Gasteiger partial charge in [0, 0.05) is 22.4 Å². The highest BCUT2D eigenvalue weighted by atomic mass is 19.1. The van der Waals surface area contributed by atoms with Crippen LogP contribution in [0.1, 0.15) is 43.9 Å². The number of nitrogen functional groups attached to an aromatic ring is 1. The first kappa shape index (κ1) is 16.8. The van der Waals surface area contributed by atoms with Crippen molar-refractivity contribution < 1.29 is 4.39 Å². The maximum Gasteiger partial charge on any atom is 0.131 e. The van der Waals surface area contributed by atoms with Crippen LogP contribution < -0.4 is 5.73 Å². The van der Waals surface area contributed by atoms with Crippen LogP contribution in [0.2, 0.25) is 0 Å². The van der Waals surface area contributed by atoms with E-state index in [1.165, 1.54) is 6.07 Å². The molecule has 2 heteroatoms. The van der Waals surface area contributed by atoms with E-state index in [9.17, 15) is 4.39 Å². The van der Waals surface area contributed by atoms with Gasteiger partial charge in [0.2, 0.25) is 0 Å². The van der Waals surface area contributed by atoms with Crippen molar-refractivity contribution in [1.82, 2.24) is 0 Å². The summed E-state index contributed by atoms with van der Waals surface area (Å²) < 4.78 is 14.3. The zero-order chi connectivity index (χ0) is 16.8. The molecule has 0 aliphatic heterocycles. The number of rotatable bonds is 4. The highest BCUT2D eigenvalue weighted by Gasteiger charge is 2.13. The van der Waals surface area contributed by atoms with E-state index >= 15 is 0 Å². The van der Waals surface area contributed by atoms with Gasteiger partial charge < -0.3 is 5.73 Å². The van der Waals surface area contributed by atoms with Gasteiger partial charge in [-0.1, -0.05) is 44.0 Å². The molecule has 118 valence electrons. The molecule has 0 aliphatic rings. The van der Waals surface area contributed by atoms with Crippen LogP contribution in [0.5, 0.6) is 0 Å². The number of nitrogens with two attached hydrogens (primary N) is 1. The molecular formula is C21H22FN. The van der Waals surface area contributed by atoms with Crippen LogP contribution in [0.4, 0.5) is 10.1 Å². The summed E-state index contributed by atoms with van der Waals surface area (Å²) in [5.41, 5.74) is 9.90. The number of allylic oxidation sites excluding steroid dienone is 1. The Balaban J connectivity index is 2.63. The van der Waals surface area contributed by atoms with E-state index in [-0.39, 0.29) is 5.82 Å². The number of hydrogen-bond donors (Lipinski definition) is 1. The van der Waals surface area contributed by atoms with E-state index in [4.69, 9.17) is 5.73 Å². The average Bonchev–Trinajstić information content (AvgIpc) is 2.52. The van der Waals surface area contributed by atoms with Gasteiger partial charge in [-0.2, -0.15) is 0 Å². The normalized spacial score (nSPS) is 11.3. The molecule has 0 saturated heterocycles. The highest BCUT2D eigenvalue weighted by Crippen LogP contribution is 2.31. The van der Waals surface area contributed by atoms with Crippen molar-refractivity contribution >= 4 is 11.3 Å². The maximum atomic E-state index is 14.3. The van der Waals surface area contributed by atoms with Crippen LogP contribution in [0, 0.1) is 23.6 Å². The van der Waals surface area contributed by atoms with Gasteiger partial charge >= 0.3 is 0 Å². The average molecular weight is 307 g/mol. The second kappa shape index (κ2) is 7.65. The molecule has 2 aromatic carbocycles. The predicted molar refractivity (Wildman–Crippen MR) is 96.3 cm³/mol. The van der Waals surface area contributed by atoms with Gasteiger partial charge in [0.05, 0.1) is 0 Å². The van der Waals surface area contributed by atoms with Gasteiger partial charge in [-0.05, 0) is 49.1 Å². The Morgan fingerprint density at radius 1 is 1.17 bits per heavy atom. The number of benzene rings is 2. The van der Waals surface area contributed by atoms with Crippen molar-refractivity contribution in [3.05, 3.63) is 71.0 Å². The van der Waals surface area contributed by atoms with E-state index < -0.39 is 0 Å². The summed E-state index contributed by atoms with van der Waals surface area (Å²) in [5.74, 6) is 6.16. The van der Waals surface area contributed by atoms with Crippen molar-refractivity contribution in [3.8, 4) is 11.8 Å². The third-order valence-electron chi connectivity index (χ3n) is 3.57. The lowest BCUT2D eigenvalue weighted by Crippen LogP contribution is -1.99. The molecule has 1 nitrogen and oxygen atoms in total. The van der Waals surface area contributed by atoms with E-state index in [0.717, 1.165) is 23.1 Å². The molecular weight excluding hydrogens is 285 g/mol. The van der Waals surface area contributed by atoms with Gasteiger partial charge in [-0.3, -0.25) is 0 Å². The summed E-state index contributed by atoms with van der Waals surface area (Å²) in [7, 11) is 0. The quantitative estimate of drug-likeness (QED) is 0.605. The Labute approximate surface area is 138 Å². The molecule has 0 aliphatic carbocycles. The van der Waals surface area contributed by atoms with Crippen LogP contribution in [-0.4, -0.2) is 0 Å². The molecule has 0 unspecified atom stereocenters. The Morgan fingerprint density at radius 3 is 2.57 bits per heavy atom. The van der Waals surface area contributed by atoms with Gasteiger partial charge in [-0.15, -0.1) is 5.92 Å². The topological polar surface area (TPSA) is 26.0 Å². The van der Waals surface area contributed by atoms with E-state index in [0.29, 0.717) is 17.2 Å². The Bertz CT molecular complexity index is 776. The lowest BCUT2D eigenvalue weighted by Gasteiger charge is -2.14. The molecule has 0 atom stereocenters. The minimum Gasteiger partial charge on any atom is -0.398 e. The fraction of sp³-hybridized carbons (Fsp3) is 0.238. The molecule has 0 aromatic heterocycles. The van der Waals surface area contributed by atoms with Crippen LogP contribution in [-0.2, 0) is 0 Å². The molecule has 0 bridgehead atoms. The van der Waals surface area contributed by atoms with Crippen molar-refractivity contribution in [1.29, 1.82) is 0 Å². The molecule has 2 aromatic rings. The monoisotopic (exact) mass is 307 g/mol. The number of halogens is 1. The standard InChI is InChI=1S/C21H22FN/c1-4-7-16-11-13-21(23)19(14-16)17(12-10-15(2)3)18-8-5-6-9-20(18)22/h5-6,8-9,11-15H,10,23H2,1-3H3/b17-12-. The summed E-state index contributed by atoms with van der Waals surface area (Å²) in [5, 5.41) is 0. The Morgan fingerprint density at radius 2 is 1.91 bits per heavy atom. The molecule has 2 N–H and O–H groups in total. The third kappa shape index (κ3) is 4.23. The molecule has 2 rings (SSSR count). The number of anilines is 1. The molecule has 0 spiro atoms. The Kier molecular flexibility index (Phi) is 5.60. The summed E-state index contributed by atoms with van der Waals surface area (Å²) >= 11 is 0. The van der Waals surface area contributed by atoms with Gasteiger partial charge in [0.15, 0.2) is 0 Å². The van der Waals surface area contributed by atoms with Gasteiger partial charge in [0.25, 0.3) is 0 Å². The summed E-state index contributed by atoms with van der Waals surface area (Å²) in [6.45, 7) is 6.07. The largest absolute Gasteiger partial charge is 0.398 e. The lowest BCUT2D eigenvalue weighted by molar-refractivity contribution is 0.623. The highest BCUT2D eigenvalue weighted by molar-refractivity contribution is 5.86. The molecule has 23 heavy (non-hydrogen) atoms. The molecule has 0 fully saturated rings. The Hall–Kier alpha value is -2.53. The zero-order valence-corrected chi connectivity index (χ0v) is 13.9. The van der Waals surface area contributed by atoms with Gasteiger partial charge in [-0.25, -0.2) is 4.39 Å². The fourth-order valence-electron chi connectivity index (χ4n) is 2.41. The molecule has 0 saturated carbocycles. The van der Waals surface area contributed by atoms with Crippen molar-refractivity contribution in [2.75, 3.05) is 5.73 Å². The van der Waals surface area contributed by atoms with Crippen LogP contribution >= 0.6 is 0 Å². The summed E-state index contributed by atoms with van der Waals surface area (Å²) in [6.07, 6.45) is 2.92. The first-order valence-corrected chi connectivity index (χ1v) is 7.80. The summed E-state index contributed by atoms with van der Waals surface area (Å²) in [6, 6.07) is 12.5. The first-order chi connectivity index (χ1) is 11.0. The molecule has 0 amide bonds. The minimum atomic E-state index is -0.242. The number of hydrogen-bond acceptors (Lipinski definition) is 1. The van der Waals surface area contributed by atoms with Crippen molar-refractivity contribution in [2.24, 2.45) is 5.92 Å². The second-order valence-electron chi connectivity index (χ2n) is 5.90. The lowest BCUT2D eigenvalue weighted by atomic mass is 9.92. The summed E-state index contributed by atoms with van der Waals surface area (Å²) in [4.78, 5) is 0. The maximum absolute atomic E-state index is 14.3. The minimum absolute atomic E-state index is 0.242. The zero-order valence-electron chi connectivity index (χ0n) is 13.9. The third-order valence-corrected chi connectivity index (χ3v) is 3.57. The molecule has 0 radical (unpaired) electrons. The van der Waals surface area contributed by atoms with Crippen LogP contribution in [0.3, 0.4) is 0 Å².